The van der Waals surface area contributed by atoms with Gasteiger partial charge in [-0.15, -0.1) is 23.5 Å². The van der Waals surface area contributed by atoms with Crippen molar-refractivity contribution >= 4 is 50.7 Å². The van der Waals surface area contributed by atoms with E-state index in [1.165, 1.54) is 28.5 Å². The average Bonchev–Trinajstić information content (AvgIpc) is 3.08. The molecule has 0 bridgehead atoms. The van der Waals surface area contributed by atoms with E-state index in [9.17, 15) is 13.2 Å². The molecule has 2 saturated heterocycles. The van der Waals surface area contributed by atoms with Crippen molar-refractivity contribution in [3.8, 4) is 0 Å². The molecule has 1 amide bonds. The van der Waals surface area contributed by atoms with Crippen molar-refractivity contribution < 1.29 is 13.2 Å². The molecule has 2 atom stereocenters. The second kappa shape index (κ2) is 5.39. The summed E-state index contributed by atoms with van der Waals surface area (Å²) in [6.07, 6.45) is 0. The molecule has 0 N–H and O–H groups in total. The molecule has 120 valence electrons. The molecule has 23 heavy (non-hydrogen) atoms. The van der Waals surface area contributed by atoms with Crippen LogP contribution in [0.25, 0.3) is 0 Å². The first-order valence-corrected chi connectivity index (χ1v) is 10.8. The smallest absolute Gasteiger partial charge is 0.267 e. The second-order valence-corrected chi connectivity index (χ2v) is 10.6. The van der Waals surface area contributed by atoms with Crippen LogP contribution in [0.1, 0.15) is 6.92 Å². The summed E-state index contributed by atoms with van der Waals surface area (Å²) in [4.78, 5) is 12.8. The Bertz CT molecular complexity index is 824. The largest absolute Gasteiger partial charge is 0.282 e. The molecule has 3 aliphatic rings. The van der Waals surface area contributed by atoms with Gasteiger partial charge in [0.25, 0.3) is 5.91 Å². The molecule has 4 rings (SSSR count). The van der Waals surface area contributed by atoms with Crippen LogP contribution < -0.4 is 5.01 Å². The molecule has 1 aromatic rings. The number of para-hydroxylation sites is 1. The minimum Gasteiger partial charge on any atom is -0.267 e. The van der Waals surface area contributed by atoms with Crippen molar-refractivity contribution in [2.45, 2.75) is 17.4 Å². The van der Waals surface area contributed by atoms with Gasteiger partial charge in [-0.2, -0.15) is 10.1 Å². The molecule has 0 aliphatic carbocycles. The molecule has 0 saturated carbocycles. The van der Waals surface area contributed by atoms with Gasteiger partial charge in [0.1, 0.15) is 0 Å². The number of hydrogen-bond acceptors (Lipinski definition) is 6. The number of benzene rings is 1. The van der Waals surface area contributed by atoms with Crippen LogP contribution >= 0.6 is 23.5 Å². The maximum atomic E-state index is 12.8. The molecular weight excluding hydrogens is 352 g/mol. The first kappa shape index (κ1) is 15.3. The molecule has 0 unspecified atom stereocenters. The van der Waals surface area contributed by atoms with E-state index in [4.69, 9.17) is 0 Å². The summed E-state index contributed by atoms with van der Waals surface area (Å²) in [6.45, 7) is 1.83. The number of sulfone groups is 1. The van der Waals surface area contributed by atoms with Gasteiger partial charge in [-0.25, -0.2) is 8.42 Å². The van der Waals surface area contributed by atoms with Crippen LogP contribution in [0, 0.1) is 0 Å². The summed E-state index contributed by atoms with van der Waals surface area (Å²) in [7, 11) is -2.92. The average molecular weight is 366 g/mol. The van der Waals surface area contributed by atoms with E-state index in [-0.39, 0.29) is 27.9 Å². The van der Waals surface area contributed by atoms with E-state index >= 15 is 0 Å². The fraction of sp³-hybridized carbons (Fsp3) is 0.333. The Balaban J connectivity index is 1.64. The fourth-order valence-electron chi connectivity index (χ4n) is 2.91. The molecular formula is C15H14N2O3S3. The van der Waals surface area contributed by atoms with E-state index in [2.05, 4.69) is 5.10 Å². The van der Waals surface area contributed by atoms with E-state index in [0.717, 1.165) is 9.92 Å². The van der Waals surface area contributed by atoms with Gasteiger partial charge in [0.05, 0.1) is 32.7 Å². The van der Waals surface area contributed by atoms with Gasteiger partial charge in [0.2, 0.25) is 0 Å². The SMILES string of the molecule is CC1=NN(c2ccccc2)C(=O)C1=C1S[C@H]2CS(=O)(=O)C[C@@H]2S1. The number of hydrazone groups is 1. The quantitative estimate of drug-likeness (QED) is 0.713. The zero-order chi connectivity index (χ0) is 16.2. The number of rotatable bonds is 1. The third kappa shape index (κ3) is 2.62. The molecule has 0 spiro atoms. The number of thioether (sulfide) groups is 2. The van der Waals surface area contributed by atoms with E-state index < -0.39 is 9.84 Å². The Morgan fingerprint density at radius 3 is 2.35 bits per heavy atom. The number of carbonyl (C=O) groups is 1. The summed E-state index contributed by atoms with van der Waals surface area (Å²) in [6, 6.07) is 9.32. The maximum absolute atomic E-state index is 12.8. The van der Waals surface area contributed by atoms with Crippen LogP contribution in [0.15, 0.2) is 45.2 Å². The van der Waals surface area contributed by atoms with Gasteiger partial charge in [-0.1, -0.05) is 18.2 Å². The number of anilines is 1. The lowest BCUT2D eigenvalue weighted by Gasteiger charge is -2.11. The highest BCUT2D eigenvalue weighted by atomic mass is 32.2. The number of fused-ring (bicyclic) bond motifs is 1. The Kier molecular flexibility index (Phi) is 3.58. The van der Waals surface area contributed by atoms with Crippen molar-refractivity contribution in [1.29, 1.82) is 0 Å². The lowest BCUT2D eigenvalue weighted by Crippen LogP contribution is -2.21. The summed E-state index contributed by atoms with van der Waals surface area (Å²) in [5.74, 6) is 0.282. The molecule has 0 radical (unpaired) electrons. The van der Waals surface area contributed by atoms with Crippen LogP contribution in [0.5, 0.6) is 0 Å². The predicted octanol–water partition coefficient (Wildman–Crippen LogP) is 2.27. The van der Waals surface area contributed by atoms with Crippen molar-refractivity contribution in [1.82, 2.24) is 0 Å². The zero-order valence-corrected chi connectivity index (χ0v) is 14.7. The lowest BCUT2D eigenvalue weighted by atomic mass is 10.2. The summed E-state index contributed by atoms with van der Waals surface area (Å²) < 4.78 is 24.3. The van der Waals surface area contributed by atoms with Crippen molar-refractivity contribution in [2.24, 2.45) is 5.10 Å². The third-order valence-corrected chi connectivity index (χ3v) is 9.33. The van der Waals surface area contributed by atoms with Crippen LogP contribution in [0.2, 0.25) is 0 Å². The predicted molar refractivity (Wildman–Crippen MR) is 95.5 cm³/mol. The Hall–Kier alpha value is -1.25. The summed E-state index contributed by atoms with van der Waals surface area (Å²) in [5, 5.41) is 5.92. The molecule has 2 fully saturated rings. The molecule has 8 heteroatoms. The molecule has 3 heterocycles. The third-order valence-electron chi connectivity index (χ3n) is 3.99. The standard InChI is InChI=1S/C15H14N2O3S3/c1-9-13(14(18)17(16-9)10-5-3-2-4-6-10)15-21-11-7-23(19,20)8-12(11)22-15/h2-6,11-12H,7-8H2,1H3/t11-,12-/m0/s1. The van der Waals surface area contributed by atoms with Crippen molar-refractivity contribution in [3.05, 3.63) is 40.1 Å². The monoisotopic (exact) mass is 366 g/mol. The minimum atomic E-state index is -2.92. The highest BCUT2D eigenvalue weighted by molar-refractivity contribution is 8.27. The maximum Gasteiger partial charge on any atom is 0.282 e. The number of carbonyl (C=O) groups excluding carboxylic acids is 1. The fourth-order valence-corrected chi connectivity index (χ4v) is 9.59. The number of hydrogen-bond donors (Lipinski definition) is 0. The van der Waals surface area contributed by atoms with Gasteiger partial charge in [-0.3, -0.25) is 4.79 Å². The highest BCUT2D eigenvalue weighted by Gasteiger charge is 2.46. The first-order valence-electron chi connectivity index (χ1n) is 7.18. The van der Waals surface area contributed by atoms with Crippen molar-refractivity contribution in [3.63, 3.8) is 0 Å². The van der Waals surface area contributed by atoms with Crippen LogP contribution in [-0.4, -0.2) is 42.0 Å². The van der Waals surface area contributed by atoms with E-state index in [1.807, 2.05) is 37.3 Å². The molecule has 0 aromatic heterocycles. The molecule has 3 aliphatic heterocycles. The first-order chi connectivity index (χ1) is 10.9. The number of amides is 1. The van der Waals surface area contributed by atoms with E-state index in [0.29, 0.717) is 11.3 Å². The summed E-state index contributed by atoms with van der Waals surface area (Å²) >= 11 is 3.04. The van der Waals surface area contributed by atoms with Gasteiger partial charge < -0.3 is 0 Å². The van der Waals surface area contributed by atoms with Crippen LogP contribution in [-0.2, 0) is 14.6 Å². The van der Waals surface area contributed by atoms with Crippen LogP contribution in [0.3, 0.4) is 0 Å². The Morgan fingerprint density at radius 2 is 1.74 bits per heavy atom. The molecule has 1 aromatic carbocycles. The van der Waals surface area contributed by atoms with Gasteiger partial charge in [0, 0.05) is 10.5 Å². The minimum absolute atomic E-state index is 0.0545. The topological polar surface area (TPSA) is 66.8 Å². The summed E-state index contributed by atoms with van der Waals surface area (Å²) in [5.41, 5.74) is 2.05. The van der Waals surface area contributed by atoms with Crippen molar-refractivity contribution in [2.75, 3.05) is 16.5 Å². The molecule has 5 nitrogen and oxygen atoms in total. The lowest BCUT2D eigenvalue weighted by molar-refractivity contribution is -0.114. The Labute approximate surface area is 143 Å². The van der Waals surface area contributed by atoms with Gasteiger partial charge in [0.15, 0.2) is 9.84 Å². The normalized spacial score (nSPS) is 29.2. The second-order valence-electron chi connectivity index (χ2n) is 5.69. The Morgan fingerprint density at radius 1 is 1.13 bits per heavy atom. The van der Waals surface area contributed by atoms with Gasteiger partial charge >= 0.3 is 0 Å². The zero-order valence-electron chi connectivity index (χ0n) is 12.3. The number of nitrogens with zero attached hydrogens (tertiary/aromatic N) is 2. The highest BCUT2D eigenvalue weighted by Crippen LogP contribution is 2.53. The van der Waals surface area contributed by atoms with E-state index in [1.54, 1.807) is 0 Å². The van der Waals surface area contributed by atoms with Crippen LogP contribution in [0.4, 0.5) is 5.69 Å². The van der Waals surface area contributed by atoms with Gasteiger partial charge in [-0.05, 0) is 19.1 Å².